The molecule has 1 saturated heterocycles. The van der Waals surface area contributed by atoms with Gasteiger partial charge in [-0.2, -0.15) is 0 Å². The van der Waals surface area contributed by atoms with Crippen LogP contribution in [0, 0.1) is 0 Å². The summed E-state index contributed by atoms with van der Waals surface area (Å²) in [5.41, 5.74) is 0. The van der Waals surface area contributed by atoms with Crippen molar-refractivity contribution in [2.45, 2.75) is 95.5 Å². The maximum Gasteiger partial charge on any atom is 0.305 e. The van der Waals surface area contributed by atoms with Crippen molar-refractivity contribution in [3.63, 3.8) is 0 Å². The Balaban J connectivity index is 1.96. The second kappa shape index (κ2) is 12.6. The molecule has 6 nitrogen and oxygen atoms in total. The fourth-order valence-electron chi connectivity index (χ4n) is 2.89. The maximum atomic E-state index is 11.6. The number of aliphatic hydroxyl groups excluding tert-OH is 3. The van der Waals surface area contributed by atoms with E-state index >= 15 is 0 Å². The summed E-state index contributed by atoms with van der Waals surface area (Å²) in [6.07, 6.45) is 6.84. The van der Waals surface area contributed by atoms with Crippen molar-refractivity contribution < 1.29 is 29.6 Å². The van der Waals surface area contributed by atoms with Crippen molar-refractivity contribution in [3.05, 3.63) is 0 Å². The molecule has 0 aromatic carbocycles. The number of ether oxygens (including phenoxy) is 2. The normalized spacial score (nSPS) is 24.9. The van der Waals surface area contributed by atoms with E-state index in [2.05, 4.69) is 6.92 Å². The molecule has 0 aliphatic carbocycles. The Morgan fingerprint density at radius 1 is 1.08 bits per heavy atom. The summed E-state index contributed by atoms with van der Waals surface area (Å²) in [5, 5.41) is 28.8. The molecule has 3 N–H and O–H groups in total. The van der Waals surface area contributed by atoms with Crippen LogP contribution in [0.25, 0.3) is 0 Å². The predicted molar refractivity (Wildman–Crippen MR) is 90.6 cm³/mol. The van der Waals surface area contributed by atoms with Gasteiger partial charge in [0.15, 0.2) is 0 Å². The van der Waals surface area contributed by atoms with Gasteiger partial charge in [0.1, 0.15) is 31.0 Å². The van der Waals surface area contributed by atoms with Crippen molar-refractivity contribution in [3.8, 4) is 0 Å². The molecule has 0 bridgehead atoms. The molecule has 0 amide bonds. The molecule has 1 heterocycles. The fourth-order valence-corrected chi connectivity index (χ4v) is 2.89. The summed E-state index contributed by atoms with van der Waals surface area (Å²) in [7, 11) is 0. The van der Waals surface area contributed by atoms with E-state index in [0.29, 0.717) is 6.42 Å². The SMILES string of the molecule is CCCCCCCCCCCC(=O)OCC(O)C1OC[C@H](O)[C@H]1O. The highest BCUT2D eigenvalue weighted by atomic mass is 16.6. The Morgan fingerprint density at radius 3 is 2.21 bits per heavy atom. The van der Waals surface area contributed by atoms with Crippen LogP contribution in [0.1, 0.15) is 71.1 Å². The first kappa shape index (κ1) is 21.4. The lowest BCUT2D eigenvalue weighted by molar-refractivity contribution is -0.151. The van der Waals surface area contributed by atoms with Crippen molar-refractivity contribution in [2.75, 3.05) is 13.2 Å². The number of unbranched alkanes of at least 4 members (excludes halogenated alkanes) is 8. The summed E-state index contributed by atoms with van der Waals surface area (Å²) in [4.78, 5) is 11.6. The minimum absolute atomic E-state index is 0.0186. The molecule has 1 rings (SSSR count). The van der Waals surface area contributed by atoms with E-state index in [1.165, 1.54) is 38.5 Å². The number of rotatable bonds is 13. The third kappa shape index (κ3) is 8.42. The molecular formula is C18H34O6. The van der Waals surface area contributed by atoms with Crippen LogP contribution in [0.5, 0.6) is 0 Å². The molecule has 2 unspecified atom stereocenters. The summed E-state index contributed by atoms with van der Waals surface area (Å²) in [5.74, 6) is -0.343. The van der Waals surface area contributed by atoms with Gasteiger partial charge in [0.05, 0.1) is 6.61 Å². The summed E-state index contributed by atoms with van der Waals surface area (Å²) in [6.45, 7) is 1.98. The van der Waals surface area contributed by atoms with E-state index in [9.17, 15) is 20.1 Å². The number of aliphatic hydroxyl groups is 3. The summed E-state index contributed by atoms with van der Waals surface area (Å²) in [6, 6.07) is 0. The molecule has 1 aliphatic heterocycles. The van der Waals surface area contributed by atoms with Crippen LogP contribution < -0.4 is 0 Å². The second-order valence-corrected chi connectivity index (χ2v) is 6.68. The van der Waals surface area contributed by atoms with Crippen LogP contribution in [0.2, 0.25) is 0 Å². The largest absolute Gasteiger partial charge is 0.463 e. The maximum absolute atomic E-state index is 11.6. The second-order valence-electron chi connectivity index (χ2n) is 6.68. The monoisotopic (exact) mass is 346 g/mol. The molecule has 142 valence electrons. The quantitative estimate of drug-likeness (QED) is 0.348. The standard InChI is InChI=1S/C18H34O6/c1-2-3-4-5-6-7-8-9-10-11-16(21)23-13-15(20)18-17(22)14(19)12-24-18/h14-15,17-20,22H,2-13H2,1H3/t14-,15?,17+,18?/m0/s1. The van der Waals surface area contributed by atoms with Crippen LogP contribution in [-0.2, 0) is 14.3 Å². The van der Waals surface area contributed by atoms with Gasteiger partial charge >= 0.3 is 5.97 Å². The first-order chi connectivity index (χ1) is 11.6. The third-order valence-electron chi connectivity index (χ3n) is 4.47. The average Bonchev–Trinajstić information content (AvgIpc) is 2.90. The summed E-state index contributed by atoms with van der Waals surface area (Å²) >= 11 is 0. The Morgan fingerprint density at radius 2 is 1.67 bits per heavy atom. The van der Waals surface area contributed by atoms with Gasteiger partial charge in [0.25, 0.3) is 0 Å². The van der Waals surface area contributed by atoms with E-state index < -0.39 is 24.4 Å². The van der Waals surface area contributed by atoms with E-state index in [0.717, 1.165) is 19.3 Å². The first-order valence-corrected chi connectivity index (χ1v) is 9.37. The predicted octanol–water partition coefficient (Wildman–Crippen LogP) is 1.93. The van der Waals surface area contributed by atoms with Crippen LogP contribution in [0.4, 0.5) is 0 Å². The lowest BCUT2D eigenvalue weighted by Crippen LogP contribution is -2.41. The van der Waals surface area contributed by atoms with Gasteiger partial charge in [-0.25, -0.2) is 0 Å². The third-order valence-corrected chi connectivity index (χ3v) is 4.47. The summed E-state index contributed by atoms with van der Waals surface area (Å²) < 4.78 is 10.1. The molecule has 1 fully saturated rings. The highest BCUT2D eigenvalue weighted by molar-refractivity contribution is 5.69. The van der Waals surface area contributed by atoms with Crippen molar-refractivity contribution >= 4 is 5.97 Å². The lowest BCUT2D eigenvalue weighted by atomic mass is 10.1. The van der Waals surface area contributed by atoms with Crippen LogP contribution in [0.15, 0.2) is 0 Å². The Bertz CT molecular complexity index is 335. The van der Waals surface area contributed by atoms with Crippen LogP contribution >= 0.6 is 0 Å². The van der Waals surface area contributed by atoms with E-state index in [1.807, 2.05) is 0 Å². The van der Waals surface area contributed by atoms with Gasteiger partial charge in [-0.3, -0.25) is 4.79 Å². The molecule has 0 aromatic heterocycles. The molecule has 0 radical (unpaired) electrons. The van der Waals surface area contributed by atoms with Crippen LogP contribution in [0.3, 0.4) is 0 Å². The van der Waals surface area contributed by atoms with Gasteiger partial charge in [0.2, 0.25) is 0 Å². The van der Waals surface area contributed by atoms with Crippen molar-refractivity contribution in [2.24, 2.45) is 0 Å². The fraction of sp³-hybridized carbons (Fsp3) is 0.944. The van der Waals surface area contributed by atoms with E-state index in [1.54, 1.807) is 0 Å². The van der Waals surface area contributed by atoms with Gasteiger partial charge < -0.3 is 24.8 Å². The van der Waals surface area contributed by atoms with Gasteiger partial charge in [-0.1, -0.05) is 58.3 Å². The zero-order valence-electron chi connectivity index (χ0n) is 14.9. The zero-order chi connectivity index (χ0) is 17.8. The van der Waals surface area contributed by atoms with E-state index in [-0.39, 0.29) is 19.2 Å². The van der Waals surface area contributed by atoms with Gasteiger partial charge in [-0.15, -0.1) is 0 Å². The highest BCUT2D eigenvalue weighted by Crippen LogP contribution is 2.18. The number of carbonyl (C=O) groups excluding carboxylic acids is 1. The minimum atomic E-state index is -1.14. The molecule has 24 heavy (non-hydrogen) atoms. The number of esters is 1. The van der Waals surface area contributed by atoms with Gasteiger partial charge in [-0.05, 0) is 6.42 Å². The Labute approximate surface area is 145 Å². The number of carbonyl (C=O) groups is 1. The molecular weight excluding hydrogens is 312 g/mol. The molecule has 0 saturated carbocycles. The minimum Gasteiger partial charge on any atom is -0.463 e. The van der Waals surface area contributed by atoms with Gasteiger partial charge in [0, 0.05) is 6.42 Å². The molecule has 6 heteroatoms. The molecule has 4 atom stereocenters. The van der Waals surface area contributed by atoms with Crippen molar-refractivity contribution in [1.82, 2.24) is 0 Å². The topological polar surface area (TPSA) is 96.2 Å². The number of hydrogen-bond acceptors (Lipinski definition) is 6. The molecule has 1 aliphatic rings. The van der Waals surface area contributed by atoms with Crippen molar-refractivity contribution in [1.29, 1.82) is 0 Å². The highest BCUT2D eigenvalue weighted by Gasteiger charge is 2.39. The zero-order valence-corrected chi connectivity index (χ0v) is 14.9. The Kier molecular flexibility index (Phi) is 11.2. The lowest BCUT2D eigenvalue weighted by Gasteiger charge is -2.20. The van der Waals surface area contributed by atoms with Crippen LogP contribution in [-0.4, -0.2) is 58.9 Å². The molecule has 0 aromatic rings. The molecule has 0 spiro atoms. The Hall–Kier alpha value is -0.690. The van der Waals surface area contributed by atoms with E-state index in [4.69, 9.17) is 9.47 Å². The average molecular weight is 346 g/mol. The first-order valence-electron chi connectivity index (χ1n) is 9.37. The number of hydrogen-bond donors (Lipinski definition) is 3. The smallest absolute Gasteiger partial charge is 0.305 e.